The highest BCUT2D eigenvalue weighted by Gasteiger charge is 2.70. The van der Waals surface area contributed by atoms with Gasteiger partial charge in [0, 0.05) is 17.8 Å². The summed E-state index contributed by atoms with van der Waals surface area (Å²) >= 11 is 0. The Bertz CT molecular complexity index is 857. The fraction of sp³-hybridized carbons (Fsp3) is 0.815. The molecule has 0 unspecified atom stereocenters. The lowest BCUT2D eigenvalue weighted by Gasteiger charge is -2.59. The van der Waals surface area contributed by atoms with Crippen molar-refractivity contribution in [3.63, 3.8) is 0 Å². The molecule has 5 rings (SSSR count). The summed E-state index contributed by atoms with van der Waals surface area (Å²) < 4.78 is 6.15. The standard InChI is InChI=1S/C27H38O4/c1-5-6-7-24(30)31-27(16(2)28)13-11-20-18-9-8-17-14-23(29)19-15-22(19)26(17,4)21(18)10-12-25(20,27)3/h14,18-22H,5-13,15H2,1-4H3/t18-,19+,20-,21-,22-,25-,26-,27-/m0/s1. The van der Waals surface area contributed by atoms with Crippen LogP contribution >= 0.6 is 0 Å². The van der Waals surface area contributed by atoms with E-state index in [0.29, 0.717) is 42.3 Å². The van der Waals surface area contributed by atoms with Gasteiger partial charge in [-0.2, -0.15) is 0 Å². The average molecular weight is 427 g/mol. The Morgan fingerprint density at radius 2 is 1.84 bits per heavy atom. The van der Waals surface area contributed by atoms with Crippen molar-refractivity contribution in [3.8, 4) is 0 Å². The minimum atomic E-state index is -0.949. The quantitative estimate of drug-likeness (QED) is 0.550. The highest BCUT2D eigenvalue weighted by atomic mass is 16.6. The molecular weight excluding hydrogens is 388 g/mol. The first kappa shape index (κ1) is 21.4. The van der Waals surface area contributed by atoms with E-state index < -0.39 is 5.60 Å². The Kier molecular flexibility index (Phi) is 4.85. The smallest absolute Gasteiger partial charge is 0.306 e. The molecule has 31 heavy (non-hydrogen) atoms. The molecule has 0 aromatic carbocycles. The lowest BCUT2D eigenvalue weighted by atomic mass is 9.46. The first-order valence-electron chi connectivity index (χ1n) is 12.7. The maximum atomic E-state index is 13.1. The average Bonchev–Trinajstić information content (AvgIpc) is 3.48. The molecule has 0 bridgehead atoms. The van der Waals surface area contributed by atoms with E-state index in [1.165, 1.54) is 5.57 Å². The molecule has 5 aliphatic carbocycles. The predicted molar refractivity (Wildman–Crippen MR) is 118 cm³/mol. The first-order chi connectivity index (χ1) is 14.7. The monoisotopic (exact) mass is 426 g/mol. The van der Waals surface area contributed by atoms with Gasteiger partial charge in [0.15, 0.2) is 17.2 Å². The number of unbranched alkanes of at least 4 members (excludes halogenated alkanes) is 1. The maximum Gasteiger partial charge on any atom is 0.306 e. The molecule has 0 aliphatic heterocycles. The van der Waals surface area contributed by atoms with Crippen molar-refractivity contribution in [1.29, 1.82) is 0 Å². The molecule has 0 saturated heterocycles. The Morgan fingerprint density at radius 3 is 2.55 bits per heavy atom. The molecule has 0 N–H and O–H groups in total. The van der Waals surface area contributed by atoms with E-state index in [0.717, 1.165) is 51.4 Å². The summed E-state index contributed by atoms with van der Waals surface area (Å²) in [4.78, 5) is 38.1. The van der Waals surface area contributed by atoms with Gasteiger partial charge in [0.25, 0.3) is 0 Å². The molecule has 5 aliphatic rings. The van der Waals surface area contributed by atoms with E-state index in [2.05, 4.69) is 20.8 Å². The zero-order chi connectivity index (χ0) is 22.2. The topological polar surface area (TPSA) is 60.4 Å². The van der Waals surface area contributed by atoms with E-state index >= 15 is 0 Å². The molecule has 0 radical (unpaired) electrons. The highest BCUT2D eigenvalue weighted by molar-refractivity contribution is 5.96. The van der Waals surface area contributed by atoms with Gasteiger partial charge in [0.05, 0.1) is 0 Å². The third kappa shape index (κ3) is 2.75. The fourth-order valence-electron chi connectivity index (χ4n) is 8.84. The van der Waals surface area contributed by atoms with Gasteiger partial charge in [-0.15, -0.1) is 0 Å². The number of carbonyl (C=O) groups is 3. The number of esters is 1. The van der Waals surface area contributed by atoms with E-state index in [1.807, 2.05) is 6.08 Å². The number of fused-ring (bicyclic) bond motifs is 7. The number of ether oxygens (including phenoxy) is 1. The van der Waals surface area contributed by atoms with Crippen molar-refractivity contribution in [2.75, 3.05) is 0 Å². The van der Waals surface area contributed by atoms with Crippen LogP contribution in [-0.4, -0.2) is 23.1 Å². The molecule has 0 spiro atoms. The van der Waals surface area contributed by atoms with Gasteiger partial charge < -0.3 is 4.74 Å². The van der Waals surface area contributed by atoms with Crippen LogP contribution in [-0.2, 0) is 19.1 Å². The molecule has 8 atom stereocenters. The van der Waals surface area contributed by atoms with Crippen LogP contribution in [0.25, 0.3) is 0 Å². The minimum Gasteiger partial charge on any atom is -0.450 e. The second kappa shape index (κ2) is 7.02. The number of Topliss-reactive ketones (excluding diaryl/α,β-unsaturated/α-hetero) is 1. The van der Waals surface area contributed by atoms with Crippen molar-refractivity contribution in [3.05, 3.63) is 11.6 Å². The highest BCUT2D eigenvalue weighted by Crippen LogP contribution is 2.72. The van der Waals surface area contributed by atoms with Gasteiger partial charge in [-0.05, 0) is 93.5 Å². The number of hydrogen-bond acceptors (Lipinski definition) is 4. The van der Waals surface area contributed by atoms with Crippen molar-refractivity contribution < 1.29 is 19.1 Å². The van der Waals surface area contributed by atoms with Crippen LogP contribution in [0, 0.1) is 40.4 Å². The summed E-state index contributed by atoms with van der Waals surface area (Å²) in [5.41, 5.74) is 0.340. The molecule has 0 aromatic heterocycles. The van der Waals surface area contributed by atoms with Crippen LogP contribution in [0.4, 0.5) is 0 Å². The van der Waals surface area contributed by atoms with Crippen LogP contribution in [0.5, 0.6) is 0 Å². The van der Waals surface area contributed by atoms with Crippen LogP contribution in [0.1, 0.15) is 91.9 Å². The molecule has 170 valence electrons. The largest absolute Gasteiger partial charge is 0.450 e. The summed E-state index contributed by atoms with van der Waals surface area (Å²) in [6.07, 6.45) is 11.0. The fourth-order valence-corrected chi connectivity index (χ4v) is 8.84. The van der Waals surface area contributed by atoms with E-state index in [4.69, 9.17) is 4.74 Å². The minimum absolute atomic E-state index is 0.0360. The summed E-state index contributed by atoms with van der Waals surface area (Å²) in [6.45, 7) is 8.38. The molecular formula is C27H38O4. The zero-order valence-electron chi connectivity index (χ0n) is 19.7. The predicted octanol–water partition coefficient (Wildman–Crippen LogP) is 5.44. The Hall–Kier alpha value is -1.45. The second-order valence-electron chi connectivity index (χ2n) is 11.7. The summed E-state index contributed by atoms with van der Waals surface area (Å²) in [5.74, 6) is 2.57. The first-order valence-corrected chi connectivity index (χ1v) is 12.7. The maximum absolute atomic E-state index is 13.1. The van der Waals surface area contributed by atoms with Crippen LogP contribution in [0.15, 0.2) is 11.6 Å². The molecule has 4 nitrogen and oxygen atoms in total. The van der Waals surface area contributed by atoms with Crippen molar-refractivity contribution in [2.24, 2.45) is 40.4 Å². The normalized spacial score (nSPS) is 47.4. The van der Waals surface area contributed by atoms with Gasteiger partial charge in [-0.25, -0.2) is 0 Å². The molecule has 4 heteroatoms. The molecule has 4 saturated carbocycles. The molecule has 4 fully saturated rings. The molecule has 0 aromatic rings. The Balaban J connectivity index is 1.45. The van der Waals surface area contributed by atoms with Crippen LogP contribution < -0.4 is 0 Å². The SMILES string of the molecule is CCCCC(=O)O[C@]1(C(C)=O)CC[C@H]2[C@@H]3CCC4=CC(=O)[C@@H]5C[C@@H]5[C@]4(C)[C@H]3CC[C@@]21C. The van der Waals surface area contributed by atoms with Gasteiger partial charge >= 0.3 is 5.97 Å². The van der Waals surface area contributed by atoms with Crippen molar-refractivity contribution in [1.82, 2.24) is 0 Å². The number of allylic oxidation sites excluding steroid dienone is 1. The van der Waals surface area contributed by atoms with Gasteiger partial charge in [0.2, 0.25) is 0 Å². The summed E-state index contributed by atoms with van der Waals surface area (Å²) in [5, 5.41) is 0. The van der Waals surface area contributed by atoms with E-state index in [-0.39, 0.29) is 28.5 Å². The third-order valence-corrected chi connectivity index (χ3v) is 10.6. The second-order valence-corrected chi connectivity index (χ2v) is 11.7. The Morgan fingerprint density at radius 1 is 1.10 bits per heavy atom. The number of carbonyl (C=O) groups excluding carboxylic acids is 3. The van der Waals surface area contributed by atoms with E-state index in [1.54, 1.807) is 6.92 Å². The van der Waals surface area contributed by atoms with E-state index in [9.17, 15) is 14.4 Å². The number of hydrogen-bond donors (Lipinski definition) is 0. The van der Waals surface area contributed by atoms with Crippen molar-refractivity contribution >= 4 is 17.5 Å². The van der Waals surface area contributed by atoms with Crippen LogP contribution in [0.3, 0.4) is 0 Å². The van der Waals surface area contributed by atoms with Gasteiger partial charge in [-0.3, -0.25) is 14.4 Å². The lowest BCUT2D eigenvalue weighted by molar-refractivity contribution is -0.189. The molecule has 0 heterocycles. The van der Waals surface area contributed by atoms with Crippen molar-refractivity contribution in [2.45, 2.75) is 97.5 Å². The zero-order valence-corrected chi connectivity index (χ0v) is 19.7. The number of ketones is 2. The summed E-state index contributed by atoms with van der Waals surface area (Å²) in [7, 11) is 0. The van der Waals surface area contributed by atoms with Gasteiger partial charge in [0.1, 0.15) is 0 Å². The lowest BCUT2D eigenvalue weighted by Crippen LogP contribution is -2.59. The third-order valence-electron chi connectivity index (χ3n) is 10.6. The molecule has 0 amide bonds. The Labute approximate surface area is 186 Å². The summed E-state index contributed by atoms with van der Waals surface area (Å²) in [6, 6.07) is 0. The van der Waals surface area contributed by atoms with Crippen LogP contribution in [0.2, 0.25) is 0 Å². The van der Waals surface area contributed by atoms with Gasteiger partial charge in [-0.1, -0.05) is 32.8 Å². The number of rotatable bonds is 5.